The monoisotopic (exact) mass is 567 g/mol. The van der Waals surface area contributed by atoms with Crippen molar-refractivity contribution in [2.75, 3.05) is 20.3 Å². The first-order valence-electron chi connectivity index (χ1n) is 13.6. The Kier molecular flexibility index (Phi) is 14.5. The summed E-state index contributed by atoms with van der Waals surface area (Å²) in [5, 5.41) is 0. The largest absolute Gasteiger partial charge is 0.513 e. The van der Waals surface area contributed by atoms with Crippen LogP contribution in [0.15, 0.2) is 18.2 Å². The molecule has 2 unspecified atom stereocenters. The molecular formula is C29H45NO10. The molecule has 2 N–H and O–H groups in total. The summed E-state index contributed by atoms with van der Waals surface area (Å²) in [6.07, 6.45) is -1.25. The van der Waals surface area contributed by atoms with Crippen molar-refractivity contribution < 1.29 is 47.6 Å². The van der Waals surface area contributed by atoms with E-state index in [0.29, 0.717) is 12.0 Å². The van der Waals surface area contributed by atoms with E-state index in [0.717, 1.165) is 6.42 Å². The van der Waals surface area contributed by atoms with Crippen LogP contribution in [0.5, 0.6) is 11.5 Å². The van der Waals surface area contributed by atoms with Gasteiger partial charge in [0, 0.05) is 12.8 Å². The SMILES string of the molecule is CCCC(C)C(=O)O[C@@H](C)CC(N)(Cc1ccc(OC(=O)OCC(C)C)c(OC(=O)OCC(C)C)c1)C(=O)OC. The maximum Gasteiger partial charge on any atom is 0.513 e. The topological polar surface area (TPSA) is 150 Å². The summed E-state index contributed by atoms with van der Waals surface area (Å²) >= 11 is 0. The summed E-state index contributed by atoms with van der Waals surface area (Å²) in [6, 6.07) is 4.36. The second-order valence-electron chi connectivity index (χ2n) is 10.9. The molecule has 40 heavy (non-hydrogen) atoms. The highest BCUT2D eigenvalue weighted by atomic mass is 16.7. The Balaban J connectivity index is 3.22. The van der Waals surface area contributed by atoms with Crippen LogP contribution in [0.4, 0.5) is 9.59 Å². The Labute approximate surface area is 236 Å². The number of nitrogens with two attached hydrogens (primary N) is 1. The Morgan fingerprint density at radius 1 is 0.875 bits per heavy atom. The number of benzene rings is 1. The molecule has 0 radical (unpaired) electrons. The van der Waals surface area contributed by atoms with Gasteiger partial charge in [-0.05, 0) is 42.9 Å². The Morgan fingerprint density at radius 2 is 1.43 bits per heavy atom. The molecule has 1 rings (SSSR count). The molecule has 0 aliphatic heterocycles. The molecule has 11 nitrogen and oxygen atoms in total. The van der Waals surface area contributed by atoms with E-state index >= 15 is 0 Å². The molecule has 3 atom stereocenters. The molecule has 1 aromatic rings. The maximum absolute atomic E-state index is 12.8. The summed E-state index contributed by atoms with van der Waals surface area (Å²) in [5.41, 5.74) is 5.38. The summed E-state index contributed by atoms with van der Waals surface area (Å²) in [5.74, 6) is -1.44. The molecule has 11 heteroatoms. The zero-order valence-electron chi connectivity index (χ0n) is 24.9. The van der Waals surface area contributed by atoms with E-state index < -0.39 is 29.9 Å². The van der Waals surface area contributed by atoms with Gasteiger partial charge >= 0.3 is 24.2 Å². The van der Waals surface area contributed by atoms with E-state index in [2.05, 4.69) is 0 Å². The van der Waals surface area contributed by atoms with Gasteiger partial charge in [-0.2, -0.15) is 0 Å². The Hall–Kier alpha value is -3.34. The molecule has 0 fully saturated rings. The average Bonchev–Trinajstić information content (AvgIpc) is 2.87. The lowest BCUT2D eigenvalue weighted by atomic mass is 9.86. The van der Waals surface area contributed by atoms with Gasteiger partial charge in [0.15, 0.2) is 11.5 Å². The van der Waals surface area contributed by atoms with E-state index in [1.54, 1.807) is 19.9 Å². The fraction of sp³-hybridized carbons (Fsp3) is 0.655. The van der Waals surface area contributed by atoms with Crippen molar-refractivity contribution in [3.05, 3.63) is 23.8 Å². The second kappa shape index (κ2) is 16.7. The van der Waals surface area contributed by atoms with Gasteiger partial charge in [0.1, 0.15) is 11.6 Å². The zero-order valence-corrected chi connectivity index (χ0v) is 24.9. The average molecular weight is 568 g/mol. The van der Waals surface area contributed by atoms with E-state index in [9.17, 15) is 19.2 Å². The summed E-state index contributed by atoms with van der Waals surface area (Å²) in [7, 11) is 1.21. The van der Waals surface area contributed by atoms with Gasteiger partial charge in [0.25, 0.3) is 0 Å². The molecule has 0 aliphatic rings. The van der Waals surface area contributed by atoms with Gasteiger partial charge < -0.3 is 34.2 Å². The van der Waals surface area contributed by atoms with Crippen LogP contribution in [-0.2, 0) is 35.0 Å². The summed E-state index contributed by atoms with van der Waals surface area (Å²) in [4.78, 5) is 49.6. The quantitative estimate of drug-likeness (QED) is 0.169. The van der Waals surface area contributed by atoms with Gasteiger partial charge in [-0.25, -0.2) is 9.59 Å². The van der Waals surface area contributed by atoms with Crippen molar-refractivity contribution >= 4 is 24.2 Å². The highest BCUT2D eigenvalue weighted by Gasteiger charge is 2.38. The van der Waals surface area contributed by atoms with Gasteiger partial charge in [-0.3, -0.25) is 9.59 Å². The minimum atomic E-state index is -1.59. The first-order chi connectivity index (χ1) is 18.7. The molecule has 0 aliphatic carbocycles. The first kappa shape index (κ1) is 34.7. The molecule has 0 spiro atoms. The molecular weight excluding hydrogens is 522 g/mol. The molecule has 1 aromatic carbocycles. The second-order valence-corrected chi connectivity index (χ2v) is 10.9. The first-order valence-corrected chi connectivity index (χ1v) is 13.6. The molecule has 0 saturated carbocycles. The minimum Gasteiger partial charge on any atom is -0.468 e. The molecule has 0 heterocycles. The Morgan fingerprint density at radius 3 is 1.93 bits per heavy atom. The van der Waals surface area contributed by atoms with Crippen LogP contribution in [0.3, 0.4) is 0 Å². The van der Waals surface area contributed by atoms with Crippen LogP contribution in [0.2, 0.25) is 0 Å². The number of carbonyl (C=O) groups excluding carboxylic acids is 4. The number of carbonyl (C=O) groups is 4. The van der Waals surface area contributed by atoms with E-state index in [1.165, 1.54) is 19.2 Å². The van der Waals surface area contributed by atoms with Gasteiger partial charge in [0.05, 0.1) is 26.2 Å². The van der Waals surface area contributed by atoms with Crippen LogP contribution in [0.25, 0.3) is 0 Å². The lowest BCUT2D eigenvalue weighted by molar-refractivity contribution is -0.157. The van der Waals surface area contributed by atoms with Crippen molar-refractivity contribution in [2.45, 2.75) is 85.8 Å². The lowest BCUT2D eigenvalue weighted by Crippen LogP contribution is -2.53. The van der Waals surface area contributed by atoms with Crippen LogP contribution < -0.4 is 15.2 Å². The molecule has 226 valence electrons. The summed E-state index contributed by atoms with van der Waals surface area (Å²) < 4.78 is 31.2. The van der Waals surface area contributed by atoms with E-state index in [-0.39, 0.29) is 61.3 Å². The fourth-order valence-corrected chi connectivity index (χ4v) is 3.75. The third-order valence-corrected chi connectivity index (χ3v) is 5.67. The third-order valence-electron chi connectivity index (χ3n) is 5.67. The van der Waals surface area contributed by atoms with Crippen LogP contribution in [0, 0.1) is 17.8 Å². The zero-order chi connectivity index (χ0) is 30.5. The van der Waals surface area contributed by atoms with Crippen LogP contribution >= 0.6 is 0 Å². The van der Waals surface area contributed by atoms with Crippen molar-refractivity contribution in [2.24, 2.45) is 23.5 Å². The molecule has 0 aromatic heterocycles. The number of esters is 2. The molecule has 0 amide bonds. The molecule has 0 bridgehead atoms. The van der Waals surface area contributed by atoms with Crippen LogP contribution in [0.1, 0.15) is 73.3 Å². The van der Waals surface area contributed by atoms with Crippen molar-refractivity contribution in [3.63, 3.8) is 0 Å². The van der Waals surface area contributed by atoms with Crippen molar-refractivity contribution in [1.29, 1.82) is 0 Å². The number of hydrogen-bond donors (Lipinski definition) is 1. The number of methoxy groups -OCH3 is 1. The number of hydrogen-bond acceptors (Lipinski definition) is 11. The minimum absolute atomic E-state index is 0.0311. The van der Waals surface area contributed by atoms with Gasteiger partial charge in [0.2, 0.25) is 0 Å². The Bertz CT molecular complexity index is 993. The van der Waals surface area contributed by atoms with Crippen molar-refractivity contribution in [3.8, 4) is 11.5 Å². The van der Waals surface area contributed by atoms with Crippen LogP contribution in [-0.4, -0.2) is 56.2 Å². The normalized spacial score (nSPS) is 14.1. The number of rotatable bonds is 15. The van der Waals surface area contributed by atoms with Gasteiger partial charge in [-0.1, -0.05) is 54.0 Å². The maximum atomic E-state index is 12.8. The van der Waals surface area contributed by atoms with Crippen molar-refractivity contribution in [1.82, 2.24) is 0 Å². The van der Waals surface area contributed by atoms with E-state index in [1.807, 2.05) is 34.6 Å². The fourth-order valence-electron chi connectivity index (χ4n) is 3.75. The predicted octanol–water partition coefficient (Wildman–Crippen LogP) is 5.20. The number of ether oxygens (including phenoxy) is 6. The lowest BCUT2D eigenvalue weighted by Gasteiger charge is -2.30. The highest BCUT2D eigenvalue weighted by molar-refractivity contribution is 5.81. The predicted molar refractivity (Wildman–Crippen MR) is 147 cm³/mol. The van der Waals surface area contributed by atoms with Gasteiger partial charge in [-0.15, -0.1) is 0 Å². The smallest absolute Gasteiger partial charge is 0.468 e. The van der Waals surface area contributed by atoms with E-state index in [4.69, 9.17) is 34.2 Å². The third kappa shape index (κ3) is 12.2. The highest BCUT2D eigenvalue weighted by Crippen LogP contribution is 2.32. The molecule has 0 saturated heterocycles. The standard InChI is InChI=1S/C29H45NO10/c1-9-10-20(6)25(31)38-21(7)14-29(30,26(32)35-8)15-22-11-12-23(39-27(33)36-16-18(2)3)24(13-22)40-28(34)37-17-19(4)5/h11-13,18-21H,9-10,14-17,30H2,1-8H3/t20?,21-,29?/m0/s1. The summed E-state index contributed by atoms with van der Waals surface area (Å²) in [6.45, 7) is 13.1.